The fraction of sp³-hybridized carbons (Fsp3) is 0.450. The van der Waals surface area contributed by atoms with E-state index in [1.54, 1.807) is 18.2 Å². The minimum absolute atomic E-state index is 0.176. The van der Waals surface area contributed by atoms with E-state index in [2.05, 4.69) is 27.2 Å². The number of carbonyl (C=O) groups excluding carboxylic acids is 1. The number of fused-ring (bicyclic) bond motifs is 1. The molecule has 150 valence electrons. The molecule has 28 heavy (non-hydrogen) atoms. The molecule has 2 aromatic rings. The third-order valence-corrected chi connectivity index (χ3v) is 5.08. The Balaban J connectivity index is 1.76. The number of H-pyrrole nitrogens is 1. The molecule has 1 atom stereocenters. The molecule has 2 heterocycles. The number of aromatic amines is 1. The topological polar surface area (TPSA) is 96.5 Å². The summed E-state index contributed by atoms with van der Waals surface area (Å²) in [5.41, 5.74) is 0.0860. The maximum atomic E-state index is 12.4. The highest BCUT2D eigenvalue weighted by Crippen LogP contribution is 2.22. The van der Waals surface area contributed by atoms with Crippen LogP contribution in [0.5, 0.6) is 5.75 Å². The van der Waals surface area contributed by atoms with Crippen LogP contribution in [-0.4, -0.2) is 61.2 Å². The SMILES string of the molecule is COC(=CC(=O)NCCC1CCCN1C)c1nc2c(OC)cccc2c(=O)[nH]1. The zero-order valence-corrected chi connectivity index (χ0v) is 16.4. The number of carbonyl (C=O) groups is 1. The van der Waals surface area contributed by atoms with Gasteiger partial charge < -0.3 is 24.7 Å². The summed E-state index contributed by atoms with van der Waals surface area (Å²) < 4.78 is 10.6. The number of nitrogens with zero attached hydrogens (tertiary/aromatic N) is 2. The van der Waals surface area contributed by atoms with Crippen molar-refractivity contribution < 1.29 is 14.3 Å². The maximum Gasteiger partial charge on any atom is 0.259 e. The van der Waals surface area contributed by atoms with Crippen molar-refractivity contribution in [1.82, 2.24) is 20.2 Å². The van der Waals surface area contributed by atoms with Crippen LogP contribution in [0.1, 0.15) is 25.1 Å². The molecule has 0 aliphatic carbocycles. The van der Waals surface area contributed by atoms with Gasteiger partial charge in [-0.05, 0) is 45.0 Å². The van der Waals surface area contributed by atoms with E-state index < -0.39 is 0 Å². The largest absolute Gasteiger partial charge is 0.494 e. The number of aromatic nitrogens is 2. The zero-order chi connectivity index (χ0) is 20.1. The van der Waals surface area contributed by atoms with Crippen molar-refractivity contribution in [2.24, 2.45) is 0 Å². The van der Waals surface area contributed by atoms with Crippen LogP contribution in [0.4, 0.5) is 0 Å². The van der Waals surface area contributed by atoms with E-state index in [0.29, 0.717) is 29.2 Å². The predicted octanol–water partition coefficient (Wildman–Crippen LogP) is 1.52. The Hall–Kier alpha value is -2.87. The number of rotatable bonds is 7. The monoisotopic (exact) mass is 386 g/mol. The minimum atomic E-state index is -0.327. The Morgan fingerprint density at radius 3 is 2.93 bits per heavy atom. The van der Waals surface area contributed by atoms with Crippen LogP contribution in [0.3, 0.4) is 0 Å². The Labute approximate surface area is 163 Å². The van der Waals surface area contributed by atoms with Crippen molar-refractivity contribution in [1.29, 1.82) is 0 Å². The van der Waals surface area contributed by atoms with Gasteiger partial charge in [-0.1, -0.05) is 6.07 Å². The molecule has 1 aromatic heterocycles. The van der Waals surface area contributed by atoms with Crippen molar-refractivity contribution in [3.63, 3.8) is 0 Å². The number of hydrogen-bond donors (Lipinski definition) is 2. The summed E-state index contributed by atoms with van der Waals surface area (Å²) in [6.07, 6.45) is 4.57. The van der Waals surface area contributed by atoms with Crippen LogP contribution < -0.4 is 15.6 Å². The van der Waals surface area contributed by atoms with E-state index in [9.17, 15) is 9.59 Å². The lowest BCUT2D eigenvalue weighted by molar-refractivity contribution is -0.116. The second-order valence-corrected chi connectivity index (χ2v) is 6.84. The summed E-state index contributed by atoms with van der Waals surface area (Å²) in [6, 6.07) is 5.62. The van der Waals surface area contributed by atoms with Crippen LogP contribution in [0.25, 0.3) is 16.7 Å². The molecule has 1 saturated heterocycles. The van der Waals surface area contributed by atoms with E-state index in [-0.39, 0.29) is 23.1 Å². The fourth-order valence-electron chi connectivity index (χ4n) is 3.52. The highest BCUT2D eigenvalue weighted by Gasteiger charge is 2.20. The molecule has 1 aromatic carbocycles. The van der Waals surface area contributed by atoms with Crippen LogP contribution in [-0.2, 0) is 9.53 Å². The lowest BCUT2D eigenvalue weighted by Gasteiger charge is -2.19. The van der Waals surface area contributed by atoms with Gasteiger partial charge in [0.1, 0.15) is 11.3 Å². The van der Waals surface area contributed by atoms with E-state index in [4.69, 9.17) is 9.47 Å². The molecular weight excluding hydrogens is 360 g/mol. The van der Waals surface area contributed by atoms with Gasteiger partial charge in [-0.2, -0.15) is 0 Å². The molecule has 8 heteroatoms. The van der Waals surface area contributed by atoms with E-state index in [1.165, 1.54) is 26.7 Å². The third kappa shape index (κ3) is 4.33. The molecule has 1 fully saturated rings. The van der Waals surface area contributed by atoms with Crippen molar-refractivity contribution in [2.75, 3.05) is 34.4 Å². The Morgan fingerprint density at radius 2 is 2.25 bits per heavy atom. The summed E-state index contributed by atoms with van der Waals surface area (Å²) in [5, 5.41) is 3.28. The predicted molar refractivity (Wildman–Crippen MR) is 107 cm³/mol. The normalized spacial score (nSPS) is 17.7. The van der Waals surface area contributed by atoms with Crippen LogP contribution in [0.15, 0.2) is 29.1 Å². The molecule has 1 unspecified atom stereocenters. The Bertz CT molecular complexity index is 937. The molecule has 1 aliphatic heterocycles. The summed E-state index contributed by atoms with van der Waals surface area (Å²) in [7, 11) is 5.05. The lowest BCUT2D eigenvalue weighted by Crippen LogP contribution is -2.31. The summed E-state index contributed by atoms with van der Waals surface area (Å²) in [4.78, 5) is 34.1. The van der Waals surface area contributed by atoms with Gasteiger partial charge >= 0.3 is 0 Å². The molecule has 1 aliphatic rings. The van der Waals surface area contributed by atoms with Crippen molar-refractivity contribution >= 4 is 22.6 Å². The van der Waals surface area contributed by atoms with Gasteiger partial charge in [0.05, 0.1) is 19.6 Å². The smallest absolute Gasteiger partial charge is 0.259 e. The summed E-state index contributed by atoms with van der Waals surface area (Å²) >= 11 is 0. The number of likely N-dealkylation sites (tertiary alicyclic amines) is 1. The molecular formula is C20H26N4O4. The highest BCUT2D eigenvalue weighted by molar-refractivity contribution is 5.93. The standard InChI is InChI=1S/C20H26N4O4/c1-24-11-5-6-13(24)9-10-21-17(25)12-16(28-3)19-22-18-14(20(26)23-19)7-4-8-15(18)27-2/h4,7-8,12-13H,5-6,9-11H2,1-3H3,(H,21,25)(H,22,23,26). The highest BCUT2D eigenvalue weighted by atomic mass is 16.5. The quantitative estimate of drug-likeness (QED) is 0.553. The number of methoxy groups -OCH3 is 2. The first-order chi connectivity index (χ1) is 13.5. The molecule has 0 radical (unpaired) electrons. The second-order valence-electron chi connectivity index (χ2n) is 6.84. The number of nitrogens with one attached hydrogen (secondary N) is 2. The van der Waals surface area contributed by atoms with Crippen molar-refractivity contribution in [3.05, 3.63) is 40.5 Å². The van der Waals surface area contributed by atoms with E-state index in [0.717, 1.165) is 19.4 Å². The molecule has 0 saturated carbocycles. The summed E-state index contributed by atoms with van der Waals surface area (Å²) in [6.45, 7) is 1.69. The van der Waals surface area contributed by atoms with Crippen LogP contribution in [0, 0.1) is 0 Å². The molecule has 3 rings (SSSR count). The van der Waals surface area contributed by atoms with Gasteiger partial charge in [-0.3, -0.25) is 9.59 Å². The Morgan fingerprint density at radius 1 is 1.43 bits per heavy atom. The first-order valence-electron chi connectivity index (χ1n) is 9.34. The maximum absolute atomic E-state index is 12.4. The molecule has 8 nitrogen and oxygen atoms in total. The molecule has 2 N–H and O–H groups in total. The molecule has 0 spiro atoms. The molecule has 0 bridgehead atoms. The van der Waals surface area contributed by atoms with E-state index in [1.807, 2.05) is 0 Å². The number of para-hydroxylation sites is 1. The van der Waals surface area contributed by atoms with Gasteiger partial charge in [0, 0.05) is 18.7 Å². The zero-order valence-electron chi connectivity index (χ0n) is 16.4. The van der Waals surface area contributed by atoms with Crippen LogP contribution >= 0.6 is 0 Å². The first kappa shape index (κ1) is 19.9. The minimum Gasteiger partial charge on any atom is -0.494 e. The van der Waals surface area contributed by atoms with Gasteiger partial charge in [-0.25, -0.2) is 4.98 Å². The van der Waals surface area contributed by atoms with Gasteiger partial charge in [0.15, 0.2) is 11.6 Å². The van der Waals surface area contributed by atoms with Gasteiger partial charge in [0.25, 0.3) is 5.56 Å². The van der Waals surface area contributed by atoms with Gasteiger partial charge in [-0.15, -0.1) is 0 Å². The van der Waals surface area contributed by atoms with Crippen molar-refractivity contribution in [2.45, 2.75) is 25.3 Å². The fourth-order valence-corrected chi connectivity index (χ4v) is 3.52. The molecule has 1 amide bonds. The number of ether oxygens (including phenoxy) is 2. The second kappa shape index (κ2) is 8.88. The lowest BCUT2D eigenvalue weighted by atomic mass is 10.1. The van der Waals surface area contributed by atoms with E-state index >= 15 is 0 Å². The summed E-state index contributed by atoms with van der Waals surface area (Å²) in [5.74, 6) is 0.543. The average molecular weight is 386 g/mol. The first-order valence-corrected chi connectivity index (χ1v) is 9.34. The third-order valence-electron chi connectivity index (χ3n) is 5.08. The van der Waals surface area contributed by atoms with Crippen LogP contribution in [0.2, 0.25) is 0 Å². The number of benzene rings is 1. The van der Waals surface area contributed by atoms with Crippen molar-refractivity contribution in [3.8, 4) is 5.75 Å². The number of amides is 1. The van der Waals surface area contributed by atoms with Gasteiger partial charge in [0.2, 0.25) is 5.91 Å². The average Bonchev–Trinajstić information content (AvgIpc) is 3.10. The number of hydrogen-bond acceptors (Lipinski definition) is 6. The Kier molecular flexibility index (Phi) is 6.30.